The van der Waals surface area contributed by atoms with Gasteiger partial charge >= 0.3 is 0 Å². The minimum absolute atomic E-state index is 0.0619. The van der Waals surface area contributed by atoms with E-state index in [1.165, 1.54) is 12.8 Å². The highest BCUT2D eigenvalue weighted by atomic mass is 79.9. The topological polar surface area (TPSA) is 63.2 Å². The maximum atomic E-state index is 11.8. The molecule has 23 heavy (non-hydrogen) atoms. The maximum absolute atomic E-state index is 11.8. The first-order valence-corrected chi connectivity index (χ1v) is 8.38. The molecule has 0 atom stereocenters. The van der Waals surface area contributed by atoms with Gasteiger partial charge in [0.2, 0.25) is 11.8 Å². The molecule has 120 valence electrons. The molecule has 1 aliphatic rings. The van der Waals surface area contributed by atoms with Crippen LogP contribution in [0.25, 0.3) is 0 Å². The standard InChI is InChI=1S/C17H18BrN3O2/c18-13-2-1-3-15(8-13)23-17-7-6-14(10-20-17)21-16(22)11-19-9-12-4-5-12/h1-3,6-8,10,12,19H,4-5,9,11H2,(H,21,22). The van der Waals surface area contributed by atoms with Crippen LogP contribution in [-0.2, 0) is 4.79 Å². The molecule has 0 unspecified atom stereocenters. The molecular formula is C17H18BrN3O2. The van der Waals surface area contributed by atoms with Gasteiger partial charge in [0.1, 0.15) is 5.75 Å². The third-order valence-electron chi connectivity index (χ3n) is 3.45. The summed E-state index contributed by atoms with van der Waals surface area (Å²) in [4.78, 5) is 16.0. The van der Waals surface area contributed by atoms with E-state index in [4.69, 9.17) is 4.74 Å². The summed E-state index contributed by atoms with van der Waals surface area (Å²) in [6.07, 6.45) is 4.14. The summed E-state index contributed by atoms with van der Waals surface area (Å²) < 4.78 is 6.59. The Balaban J connectivity index is 1.49. The normalized spacial score (nSPS) is 13.6. The van der Waals surface area contributed by atoms with Gasteiger partial charge in [-0.15, -0.1) is 0 Å². The Morgan fingerprint density at radius 2 is 2.17 bits per heavy atom. The van der Waals surface area contributed by atoms with E-state index in [-0.39, 0.29) is 5.91 Å². The van der Waals surface area contributed by atoms with Crippen LogP contribution in [0.3, 0.4) is 0 Å². The first-order valence-electron chi connectivity index (χ1n) is 7.59. The van der Waals surface area contributed by atoms with Gasteiger partial charge in [-0.05, 0) is 49.6 Å². The second-order valence-corrected chi connectivity index (χ2v) is 6.48. The fourth-order valence-electron chi connectivity index (χ4n) is 2.08. The highest BCUT2D eigenvalue weighted by molar-refractivity contribution is 9.10. The maximum Gasteiger partial charge on any atom is 0.238 e. The molecule has 5 nitrogen and oxygen atoms in total. The lowest BCUT2D eigenvalue weighted by atomic mass is 10.3. The molecule has 1 aliphatic carbocycles. The Kier molecular flexibility index (Phi) is 5.25. The van der Waals surface area contributed by atoms with E-state index in [0.29, 0.717) is 23.9 Å². The summed E-state index contributed by atoms with van der Waals surface area (Å²) in [6.45, 7) is 1.25. The molecule has 1 fully saturated rings. The van der Waals surface area contributed by atoms with Crippen LogP contribution in [0.2, 0.25) is 0 Å². The van der Waals surface area contributed by atoms with Gasteiger partial charge < -0.3 is 15.4 Å². The van der Waals surface area contributed by atoms with Crippen molar-refractivity contribution >= 4 is 27.5 Å². The zero-order chi connectivity index (χ0) is 16.1. The summed E-state index contributed by atoms with van der Waals surface area (Å²) in [7, 11) is 0. The van der Waals surface area contributed by atoms with E-state index in [9.17, 15) is 4.79 Å². The molecule has 0 spiro atoms. The minimum Gasteiger partial charge on any atom is -0.439 e. The molecule has 0 saturated heterocycles. The molecule has 1 saturated carbocycles. The minimum atomic E-state index is -0.0619. The first kappa shape index (κ1) is 16.0. The monoisotopic (exact) mass is 375 g/mol. The van der Waals surface area contributed by atoms with Gasteiger partial charge in [0.25, 0.3) is 0 Å². The number of aromatic nitrogens is 1. The van der Waals surface area contributed by atoms with Crippen molar-refractivity contribution in [3.63, 3.8) is 0 Å². The lowest BCUT2D eigenvalue weighted by Gasteiger charge is -2.08. The summed E-state index contributed by atoms with van der Waals surface area (Å²) in [6, 6.07) is 11.0. The SMILES string of the molecule is O=C(CNCC1CC1)Nc1ccc(Oc2cccc(Br)c2)nc1. The van der Waals surface area contributed by atoms with E-state index in [1.807, 2.05) is 24.3 Å². The number of hydrogen-bond acceptors (Lipinski definition) is 4. The summed E-state index contributed by atoms with van der Waals surface area (Å²) in [5, 5.41) is 5.96. The van der Waals surface area contributed by atoms with Crippen molar-refractivity contribution in [3.05, 3.63) is 47.1 Å². The van der Waals surface area contributed by atoms with Gasteiger partial charge in [0.05, 0.1) is 18.4 Å². The summed E-state index contributed by atoms with van der Waals surface area (Å²) in [5.74, 6) is 1.88. The molecule has 1 heterocycles. The van der Waals surface area contributed by atoms with Crippen LogP contribution in [0.15, 0.2) is 47.1 Å². The van der Waals surface area contributed by atoms with Crippen molar-refractivity contribution in [2.45, 2.75) is 12.8 Å². The van der Waals surface area contributed by atoms with Crippen molar-refractivity contribution in [1.82, 2.24) is 10.3 Å². The largest absolute Gasteiger partial charge is 0.439 e. The zero-order valence-corrected chi connectivity index (χ0v) is 14.2. The molecule has 1 amide bonds. The number of carbonyl (C=O) groups is 1. The molecule has 2 aromatic rings. The number of ether oxygens (including phenoxy) is 1. The van der Waals surface area contributed by atoms with Crippen molar-refractivity contribution in [2.75, 3.05) is 18.4 Å². The van der Waals surface area contributed by atoms with Crippen molar-refractivity contribution in [2.24, 2.45) is 5.92 Å². The fourth-order valence-corrected chi connectivity index (χ4v) is 2.46. The second kappa shape index (κ2) is 7.57. The first-order chi connectivity index (χ1) is 11.2. The van der Waals surface area contributed by atoms with Crippen LogP contribution in [-0.4, -0.2) is 24.0 Å². The van der Waals surface area contributed by atoms with E-state index in [2.05, 4.69) is 31.5 Å². The number of nitrogens with zero attached hydrogens (tertiary/aromatic N) is 1. The van der Waals surface area contributed by atoms with E-state index in [0.717, 1.165) is 16.9 Å². The molecule has 2 N–H and O–H groups in total. The number of amides is 1. The van der Waals surface area contributed by atoms with Gasteiger partial charge in [-0.2, -0.15) is 0 Å². The molecule has 1 aromatic heterocycles. The Morgan fingerprint density at radius 1 is 1.30 bits per heavy atom. The lowest BCUT2D eigenvalue weighted by molar-refractivity contribution is -0.115. The van der Waals surface area contributed by atoms with Gasteiger partial charge in [0.15, 0.2) is 0 Å². The smallest absolute Gasteiger partial charge is 0.238 e. The predicted octanol–water partition coefficient (Wildman–Crippen LogP) is 3.57. The van der Waals surface area contributed by atoms with Crippen LogP contribution < -0.4 is 15.4 Å². The van der Waals surface area contributed by atoms with Gasteiger partial charge in [-0.25, -0.2) is 4.98 Å². The van der Waals surface area contributed by atoms with Crippen molar-refractivity contribution < 1.29 is 9.53 Å². The fraction of sp³-hybridized carbons (Fsp3) is 0.294. The molecular weight excluding hydrogens is 358 g/mol. The third kappa shape index (κ3) is 5.33. The predicted molar refractivity (Wildman–Crippen MR) is 92.7 cm³/mol. The zero-order valence-electron chi connectivity index (χ0n) is 12.6. The van der Waals surface area contributed by atoms with Crippen molar-refractivity contribution in [1.29, 1.82) is 0 Å². The molecule has 3 rings (SSSR count). The number of anilines is 1. The number of rotatable bonds is 7. The van der Waals surface area contributed by atoms with Crippen LogP contribution in [0.5, 0.6) is 11.6 Å². The highest BCUT2D eigenvalue weighted by Crippen LogP contribution is 2.27. The van der Waals surface area contributed by atoms with E-state index < -0.39 is 0 Å². The molecule has 0 radical (unpaired) electrons. The van der Waals surface area contributed by atoms with Crippen LogP contribution in [0.1, 0.15) is 12.8 Å². The number of carbonyl (C=O) groups excluding carboxylic acids is 1. The van der Waals surface area contributed by atoms with Gasteiger partial charge in [-0.1, -0.05) is 22.0 Å². The number of nitrogens with one attached hydrogen (secondary N) is 2. The number of halogens is 1. The summed E-state index contributed by atoms with van der Waals surface area (Å²) in [5.41, 5.74) is 0.657. The molecule has 0 bridgehead atoms. The second-order valence-electron chi connectivity index (χ2n) is 5.57. The lowest BCUT2D eigenvalue weighted by Crippen LogP contribution is -2.29. The molecule has 0 aliphatic heterocycles. The molecule has 1 aromatic carbocycles. The number of hydrogen-bond donors (Lipinski definition) is 2. The highest BCUT2D eigenvalue weighted by Gasteiger charge is 2.20. The van der Waals surface area contributed by atoms with Gasteiger partial charge in [0, 0.05) is 10.5 Å². The Labute approximate surface area is 143 Å². The van der Waals surface area contributed by atoms with E-state index >= 15 is 0 Å². The van der Waals surface area contributed by atoms with Crippen LogP contribution in [0.4, 0.5) is 5.69 Å². The Hall–Kier alpha value is -1.92. The van der Waals surface area contributed by atoms with Crippen LogP contribution >= 0.6 is 15.9 Å². The average Bonchev–Trinajstić information content (AvgIpc) is 3.34. The Morgan fingerprint density at radius 3 is 2.87 bits per heavy atom. The third-order valence-corrected chi connectivity index (χ3v) is 3.95. The van der Waals surface area contributed by atoms with Crippen molar-refractivity contribution in [3.8, 4) is 11.6 Å². The average molecular weight is 376 g/mol. The van der Waals surface area contributed by atoms with Crippen LogP contribution in [0, 0.1) is 5.92 Å². The Bertz CT molecular complexity index is 672. The summed E-state index contributed by atoms with van der Waals surface area (Å²) >= 11 is 3.39. The molecule has 6 heteroatoms. The number of pyridine rings is 1. The number of benzene rings is 1. The van der Waals surface area contributed by atoms with Gasteiger partial charge in [-0.3, -0.25) is 4.79 Å². The quantitative estimate of drug-likeness (QED) is 0.776. The van der Waals surface area contributed by atoms with E-state index in [1.54, 1.807) is 18.3 Å².